The summed E-state index contributed by atoms with van der Waals surface area (Å²) in [4.78, 5) is 13.1. The van der Waals surface area contributed by atoms with E-state index in [9.17, 15) is 4.79 Å². The van der Waals surface area contributed by atoms with Crippen molar-refractivity contribution in [2.75, 3.05) is 26.8 Å². The Labute approximate surface area is 113 Å². The number of rotatable bonds is 8. The predicted octanol–water partition coefficient (Wildman–Crippen LogP) is 0.977. The predicted molar refractivity (Wildman–Crippen MR) is 70.0 cm³/mol. The molecule has 1 aromatic heterocycles. The molecule has 0 saturated heterocycles. The number of carbonyl (C=O) groups is 1. The van der Waals surface area contributed by atoms with Gasteiger partial charge >= 0.3 is 5.97 Å². The molecule has 1 aliphatic carbocycles. The average molecular weight is 267 g/mol. The summed E-state index contributed by atoms with van der Waals surface area (Å²) >= 11 is 0. The van der Waals surface area contributed by atoms with Crippen molar-refractivity contribution in [2.45, 2.75) is 19.4 Å². The lowest BCUT2D eigenvalue weighted by atomic mass is 10.2. The van der Waals surface area contributed by atoms with Gasteiger partial charge in [-0.1, -0.05) is 0 Å². The van der Waals surface area contributed by atoms with Crippen LogP contribution in [-0.4, -0.2) is 52.6 Å². The van der Waals surface area contributed by atoms with Crippen LogP contribution in [-0.2, 0) is 18.3 Å². The Morgan fingerprint density at radius 2 is 2.37 bits per heavy atom. The van der Waals surface area contributed by atoms with Crippen LogP contribution in [0.25, 0.3) is 0 Å². The van der Waals surface area contributed by atoms with Crippen LogP contribution in [0.5, 0.6) is 0 Å². The van der Waals surface area contributed by atoms with Crippen molar-refractivity contribution in [3.63, 3.8) is 0 Å². The topological polar surface area (TPSA) is 67.6 Å². The van der Waals surface area contributed by atoms with E-state index in [1.807, 2.05) is 7.05 Å². The van der Waals surface area contributed by atoms with Crippen LogP contribution in [0.1, 0.15) is 28.9 Å². The first-order valence-corrected chi connectivity index (χ1v) is 6.58. The smallest absolute Gasteiger partial charge is 0.339 e. The van der Waals surface area contributed by atoms with Crippen molar-refractivity contribution in [1.82, 2.24) is 14.7 Å². The third-order valence-electron chi connectivity index (χ3n) is 3.38. The van der Waals surface area contributed by atoms with Crippen LogP contribution < -0.4 is 0 Å². The van der Waals surface area contributed by atoms with Gasteiger partial charge in [-0.25, -0.2) is 4.79 Å². The summed E-state index contributed by atoms with van der Waals surface area (Å²) in [5.41, 5.74) is 0.991. The van der Waals surface area contributed by atoms with Gasteiger partial charge in [0.2, 0.25) is 0 Å². The molecule has 1 fully saturated rings. The van der Waals surface area contributed by atoms with E-state index in [0.29, 0.717) is 13.2 Å². The van der Waals surface area contributed by atoms with Gasteiger partial charge < -0.3 is 9.84 Å². The monoisotopic (exact) mass is 267 g/mol. The molecule has 1 saturated carbocycles. The van der Waals surface area contributed by atoms with Crippen LogP contribution in [0.4, 0.5) is 0 Å². The van der Waals surface area contributed by atoms with Crippen molar-refractivity contribution in [3.05, 3.63) is 17.5 Å². The molecule has 6 nitrogen and oxygen atoms in total. The van der Waals surface area contributed by atoms with Gasteiger partial charge in [0.05, 0.1) is 18.5 Å². The first-order valence-electron chi connectivity index (χ1n) is 6.58. The highest BCUT2D eigenvalue weighted by molar-refractivity contribution is 5.88. The van der Waals surface area contributed by atoms with E-state index >= 15 is 0 Å². The van der Waals surface area contributed by atoms with Gasteiger partial charge in [0, 0.05) is 26.7 Å². The van der Waals surface area contributed by atoms with Crippen LogP contribution in [0.2, 0.25) is 0 Å². The lowest BCUT2D eigenvalue weighted by Crippen LogP contribution is -2.25. The minimum absolute atomic E-state index is 0.272. The van der Waals surface area contributed by atoms with Gasteiger partial charge in [-0.15, -0.1) is 0 Å². The van der Waals surface area contributed by atoms with Gasteiger partial charge in [-0.2, -0.15) is 5.10 Å². The number of nitrogens with zero attached hydrogens (tertiary/aromatic N) is 3. The molecule has 0 radical (unpaired) electrons. The van der Waals surface area contributed by atoms with E-state index in [1.165, 1.54) is 19.0 Å². The zero-order valence-electron chi connectivity index (χ0n) is 11.5. The van der Waals surface area contributed by atoms with E-state index in [-0.39, 0.29) is 5.56 Å². The minimum Gasteiger partial charge on any atom is -0.478 e. The molecule has 1 aliphatic rings. The van der Waals surface area contributed by atoms with Gasteiger partial charge in [0.15, 0.2) is 0 Å². The zero-order chi connectivity index (χ0) is 13.8. The van der Waals surface area contributed by atoms with Gasteiger partial charge in [0.1, 0.15) is 5.56 Å². The summed E-state index contributed by atoms with van der Waals surface area (Å²) in [7, 11) is 3.72. The number of aryl methyl sites for hydroxylation is 1. The van der Waals surface area contributed by atoms with Crippen molar-refractivity contribution in [1.29, 1.82) is 0 Å². The molecule has 0 aliphatic heterocycles. The third-order valence-corrected chi connectivity index (χ3v) is 3.38. The lowest BCUT2D eigenvalue weighted by molar-refractivity contribution is 0.0693. The maximum atomic E-state index is 11.1. The molecule has 19 heavy (non-hydrogen) atoms. The molecule has 0 aromatic carbocycles. The number of ether oxygens (including phenoxy) is 1. The highest BCUT2D eigenvalue weighted by Crippen LogP contribution is 2.28. The molecular formula is C13H21N3O3. The molecule has 1 N–H and O–H groups in total. The fourth-order valence-electron chi connectivity index (χ4n) is 1.92. The number of carboxylic acids is 1. The van der Waals surface area contributed by atoms with Gasteiger partial charge in [-0.3, -0.25) is 9.58 Å². The lowest BCUT2D eigenvalue weighted by Gasteiger charge is -2.17. The van der Waals surface area contributed by atoms with Crippen LogP contribution >= 0.6 is 0 Å². The summed E-state index contributed by atoms with van der Waals surface area (Å²) in [6, 6.07) is 0. The van der Waals surface area contributed by atoms with E-state index in [2.05, 4.69) is 10.00 Å². The first-order chi connectivity index (χ1) is 9.08. The van der Waals surface area contributed by atoms with E-state index in [4.69, 9.17) is 9.84 Å². The average Bonchev–Trinajstić information content (AvgIpc) is 3.10. The number of aromatic carboxylic acids is 1. The molecule has 0 bridgehead atoms. The number of hydrogen-bond donors (Lipinski definition) is 1. The standard InChI is InChI=1S/C13H21N3O3/c1-15(5-6-19-9-10-3-4-10)8-12-11(13(17)18)7-14-16(12)2/h7,10H,3-6,8-9H2,1-2H3,(H,17,18). The second kappa shape index (κ2) is 6.16. The SMILES string of the molecule is CN(CCOCC1CC1)Cc1c(C(=O)O)cnn1C. The van der Waals surface area contributed by atoms with Crippen LogP contribution in [0.15, 0.2) is 6.20 Å². The van der Waals surface area contributed by atoms with Crippen LogP contribution in [0.3, 0.4) is 0 Å². The summed E-state index contributed by atoms with van der Waals surface area (Å²) in [5.74, 6) is -0.150. The van der Waals surface area contributed by atoms with Crippen molar-refractivity contribution in [2.24, 2.45) is 13.0 Å². The highest BCUT2D eigenvalue weighted by atomic mass is 16.5. The molecule has 2 rings (SSSR count). The number of likely N-dealkylation sites (N-methyl/N-ethyl adjacent to an activating group) is 1. The second-order valence-corrected chi connectivity index (χ2v) is 5.19. The summed E-state index contributed by atoms with van der Waals surface area (Å²) in [6.45, 7) is 2.90. The minimum atomic E-state index is -0.929. The Morgan fingerprint density at radius 1 is 1.63 bits per heavy atom. The normalized spacial score (nSPS) is 15.1. The molecular weight excluding hydrogens is 246 g/mol. The Morgan fingerprint density at radius 3 is 3.00 bits per heavy atom. The third kappa shape index (κ3) is 4.04. The Balaban J connectivity index is 1.78. The summed E-state index contributed by atoms with van der Waals surface area (Å²) in [5, 5.41) is 13.1. The zero-order valence-corrected chi connectivity index (χ0v) is 11.5. The second-order valence-electron chi connectivity index (χ2n) is 5.19. The Hall–Kier alpha value is -1.40. The fraction of sp³-hybridized carbons (Fsp3) is 0.692. The Bertz CT molecular complexity index is 440. The molecule has 0 spiro atoms. The summed E-state index contributed by atoms with van der Waals surface area (Å²) < 4.78 is 7.19. The van der Waals surface area contributed by atoms with Gasteiger partial charge in [0.25, 0.3) is 0 Å². The largest absolute Gasteiger partial charge is 0.478 e. The quantitative estimate of drug-likeness (QED) is 0.711. The molecule has 0 atom stereocenters. The van der Waals surface area contributed by atoms with E-state index < -0.39 is 5.97 Å². The Kier molecular flexibility index (Phi) is 4.55. The first kappa shape index (κ1) is 14.0. The maximum absolute atomic E-state index is 11.1. The molecule has 106 valence electrons. The van der Waals surface area contributed by atoms with Crippen LogP contribution in [0, 0.1) is 5.92 Å². The number of aromatic nitrogens is 2. The van der Waals surface area contributed by atoms with Crippen molar-refractivity contribution in [3.8, 4) is 0 Å². The fourth-order valence-corrected chi connectivity index (χ4v) is 1.92. The van der Waals surface area contributed by atoms with Crippen molar-refractivity contribution >= 4 is 5.97 Å². The molecule has 0 unspecified atom stereocenters. The van der Waals surface area contributed by atoms with E-state index in [0.717, 1.165) is 24.8 Å². The molecule has 0 amide bonds. The highest BCUT2D eigenvalue weighted by Gasteiger charge is 2.21. The van der Waals surface area contributed by atoms with E-state index in [1.54, 1.807) is 11.7 Å². The number of carboxylic acid groups (broad SMARTS) is 1. The molecule has 1 heterocycles. The molecule has 1 aromatic rings. The summed E-state index contributed by atoms with van der Waals surface area (Å²) in [6.07, 6.45) is 3.99. The van der Waals surface area contributed by atoms with Crippen molar-refractivity contribution < 1.29 is 14.6 Å². The van der Waals surface area contributed by atoms with Gasteiger partial charge in [-0.05, 0) is 25.8 Å². The maximum Gasteiger partial charge on any atom is 0.339 e. The molecule has 6 heteroatoms. The number of hydrogen-bond acceptors (Lipinski definition) is 4.